The van der Waals surface area contributed by atoms with E-state index in [0.29, 0.717) is 21.9 Å². The van der Waals surface area contributed by atoms with Gasteiger partial charge in [0.2, 0.25) is 5.88 Å². The van der Waals surface area contributed by atoms with Crippen molar-refractivity contribution >= 4 is 11.3 Å². The second-order valence-corrected chi connectivity index (χ2v) is 4.71. The van der Waals surface area contributed by atoms with Crippen LogP contribution in [0.2, 0.25) is 0 Å². The molecule has 1 atom stereocenters. The van der Waals surface area contributed by atoms with Crippen molar-refractivity contribution in [1.29, 1.82) is 0 Å². The first-order chi connectivity index (χ1) is 9.45. The lowest BCUT2D eigenvalue weighted by Crippen LogP contribution is -2.29. The van der Waals surface area contributed by atoms with Gasteiger partial charge in [-0.05, 0) is 0 Å². The number of ether oxygens (including phenoxy) is 1. The van der Waals surface area contributed by atoms with Crippen LogP contribution in [-0.2, 0) is 6.18 Å². The van der Waals surface area contributed by atoms with Gasteiger partial charge in [-0.25, -0.2) is 20.4 Å². The zero-order chi connectivity index (χ0) is 14.8. The van der Waals surface area contributed by atoms with E-state index in [9.17, 15) is 13.2 Å². The van der Waals surface area contributed by atoms with E-state index in [4.69, 9.17) is 10.6 Å². The number of methoxy groups -OCH3 is 1. The Morgan fingerprint density at radius 1 is 1.35 bits per heavy atom. The zero-order valence-electron chi connectivity index (χ0n) is 10.2. The number of nitrogens with zero attached hydrogens (tertiary/aromatic N) is 3. The lowest BCUT2D eigenvalue weighted by molar-refractivity contribution is -0.137. The third kappa shape index (κ3) is 3.03. The average Bonchev–Trinajstić information content (AvgIpc) is 2.89. The van der Waals surface area contributed by atoms with E-state index in [2.05, 4.69) is 20.4 Å². The summed E-state index contributed by atoms with van der Waals surface area (Å²) < 4.78 is 42.6. The average molecular weight is 305 g/mol. The van der Waals surface area contributed by atoms with Crippen molar-refractivity contribution < 1.29 is 17.9 Å². The van der Waals surface area contributed by atoms with Gasteiger partial charge in [0.15, 0.2) is 5.01 Å². The van der Waals surface area contributed by atoms with Gasteiger partial charge in [0.1, 0.15) is 6.33 Å². The molecule has 108 valence electrons. The molecule has 6 nitrogen and oxygen atoms in total. The highest BCUT2D eigenvalue weighted by Gasteiger charge is 2.35. The number of halogens is 3. The van der Waals surface area contributed by atoms with E-state index in [1.165, 1.54) is 19.5 Å². The summed E-state index contributed by atoms with van der Waals surface area (Å²) in [6.45, 7) is 0. The first kappa shape index (κ1) is 14.6. The van der Waals surface area contributed by atoms with Crippen molar-refractivity contribution in [3.63, 3.8) is 0 Å². The van der Waals surface area contributed by atoms with E-state index in [-0.39, 0.29) is 5.88 Å². The Hall–Kier alpha value is -1.78. The molecule has 20 heavy (non-hydrogen) atoms. The summed E-state index contributed by atoms with van der Waals surface area (Å²) in [4.78, 5) is 11.4. The van der Waals surface area contributed by atoms with Crippen LogP contribution in [-0.4, -0.2) is 22.1 Å². The number of hydrogen-bond donors (Lipinski definition) is 2. The van der Waals surface area contributed by atoms with Crippen LogP contribution in [0.25, 0.3) is 0 Å². The molecule has 0 fully saturated rings. The summed E-state index contributed by atoms with van der Waals surface area (Å²) in [7, 11) is 1.42. The number of nitrogens with two attached hydrogens (primary N) is 1. The van der Waals surface area contributed by atoms with Crippen molar-refractivity contribution in [2.75, 3.05) is 7.11 Å². The van der Waals surface area contributed by atoms with Gasteiger partial charge in [-0.15, -0.1) is 11.3 Å². The first-order valence-electron chi connectivity index (χ1n) is 5.30. The zero-order valence-corrected chi connectivity index (χ0v) is 11.0. The predicted octanol–water partition coefficient (Wildman–Crippen LogP) is 1.51. The Bertz CT molecular complexity index is 588. The summed E-state index contributed by atoms with van der Waals surface area (Å²) in [5.74, 6) is 5.68. The SMILES string of the molecule is COc1cc(C(NN)c2cnc(C(F)(F)F)s2)ncn1. The van der Waals surface area contributed by atoms with Gasteiger partial charge in [0.25, 0.3) is 0 Å². The highest BCUT2D eigenvalue weighted by molar-refractivity contribution is 7.11. The molecule has 0 bridgehead atoms. The fourth-order valence-corrected chi connectivity index (χ4v) is 2.34. The van der Waals surface area contributed by atoms with E-state index in [1.54, 1.807) is 0 Å². The highest BCUT2D eigenvalue weighted by Crippen LogP contribution is 2.35. The molecule has 2 heterocycles. The van der Waals surface area contributed by atoms with Crippen molar-refractivity contribution in [2.45, 2.75) is 12.2 Å². The van der Waals surface area contributed by atoms with Crippen LogP contribution >= 0.6 is 11.3 Å². The van der Waals surface area contributed by atoms with Crippen LogP contribution in [0.4, 0.5) is 13.2 Å². The number of alkyl halides is 3. The molecule has 0 aromatic carbocycles. The van der Waals surface area contributed by atoms with E-state index in [1.807, 2.05) is 0 Å². The van der Waals surface area contributed by atoms with Gasteiger partial charge >= 0.3 is 6.18 Å². The molecule has 2 aromatic heterocycles. The highest BCUT2D eigenvalue weighted by atomic mass is 32.1. The fraction of sp³-hybridized carbons (Fsp3) is 0.300. The van der Waals surface area contributed by atoms with Crippen LogP contribution in [0.3, 0.4) is 0 Å². The molecular formula is C10H10F3N5OS. The topological polar surface area (TPSA) is 86.0 Å². The monoisotopic (exact) mass is 305 g/mol. The molecule has 0 saturated heterocycles. The molecule has 3 N–H and O–H groups in total. The molecule has 0 aliphatic rings. The Kier molecular flexibility index (Phi) is 4.16. The number of hydrazine groups is 1. The number of nitrogens with one attached hydrogen (secondary N) is 1. The van der Waals surface area contributed by atoms with E-state index in [0.717, 1.165) is 6.20 Å². The maximum atomic E-state index is 12.5. The van der Waals surface area contributed by atoms with Crippen LogP contribution in [0.5, 0.6) is 5.88 Å². The van der Waals surface area contributed by atoms with Gasteiger partial charge in [-0.1, -0.05) is 0 Å². The minimum atomic E-state index is -4.48. The minimum absolute atomic E-state index is 0.288. The molecule has 0 spiro atoms. The van der Waals surface area contributed by atoms with Gasteiger partial charge in [0, 0.05) is 17.1 Å². The van der Waals surface area contributed by atoms with Gasteiger partial charge in [0.05, 0.1) is 18.8 Å². The Labute approximate surface area is 115 Å². The summed E-state index contributed by atoms with van der Waals surface area (Å²) >= 11 is 0.501. The number of rotatable bonds is 4. The molecule has 1 unspecified atom stereocenters. The summed E-state index contributed by atoms with van der Waals surface area (Å²) in [6.07, 6.45) is -2.12. The Morgan fingerprint density at radius 3 is 2.65 bits per heavy atom. The molecular weight excluding hydrogens is 295 g/mol. The standard InChI is InChI=1S/C10H10F3N5OS/c1-19-7-2-5(16-4-17-7)8(18-14)6-3-15-9(20-6)10(11,12)13/h2-4,8,18H,14H2,1H3. The Balaban J connectivity index is 2.34. The molecule has 0 radical (unpaired) electrons. The van der Waals surface area contributed by atoms with Crippen molar-refractivity contribution in [1.82, 2.24) is 20.4 Å². The molecule has 2 aromatic rings. The largest absolute Gasteiger partial charge is 0.481 e. The van der Waals surface area contributed by atoms with Crippen LogP contribution in [0.1, 0.15) is 21.6 Å². The lowest BCUT2D eigenvalue weighted by Gasteiger charge is -2.13. The van der Waals surface area contributed by atoms with Crippen LogP contribution in [0.15, 0.2) is 18.6 Å². The molecule has 0 aliphatic carbocycles. The molecule has 2 rings (SSSR count). The Morgan fingerprint density at radius 2 is 2.10 bits per heavy atom. The predicted molar refractivity (Wildman–Crippen MR) is 64.9 cm³/mol. The van der Waals surface area contributed by atoms with E-state index < -0.39 is 17.2 Å². The fourth-order valence-electron chi connectivity index (χ4n) is 1.49. The smallest absolute Gasteiger partial charge is 0.443 e. The molecule has 0 amide bonds. The lowest BCUT2D eigenvalue weighted by atomic mass is 10.2. The normalized spacial score (nSPS) is 13.2. The number of thiazole rings is 1. The van der Waals surface area contributed by atoms with Gasteiger partial charge in [-0.2, -0.15) is 13.2 Å². The maximum absolute atomic E-state index is 12.5. The van der Waals surface area contributed by atoms with Crippen LogP contribution < -0.4 is 16.0 Å². The third-order valence-electron chi connectivity index (χ3n) is 2.39. The first-order valence-corrected chi connectivity index (χ1v) is 6.12. The molecule has 10 heteroatoms. The van der Waals surface area contributed by atoms with Gasteiger partial charge in [-0.3, -0.25) is 5.84 Å². The summed E-state index contributed by atoms with van der Waals surface area (Å²) in [5.41, 5.74) is 2.79. The summed E-state index contributed by atoms with van der Waals surface area (Å²) in [5, 5.41) is -0.936. The third-order valence-corrected chi connectivity index (χ3v) is 3.49. The van der Waals surface area contributed by atoms with E-state index >= 15 is 0 Å². The quantitative estimate of drug-likeness (QED) is 0.658. The van der Waals surface area contributed by atoms with Crippen molar-refractivity contribution in [3.8, 4) is 5.88 Å². The van der Waals surface area contributed by atoms with Crippen LogP contribution in [0, 0.1) is 0 Å². The van der Waals surface area contributed by atoms with Crippen molar-refractivity contribution in [3.05, 3.63) is 34.2 Å². The minimum Gasteiger partial charge on any atom is -0.481 e. The maximum Gasteiger partial charge on any atom is 0.443 e. The second kappa shape index (κ2) is 5.69. The number of aromatic nitrogens is 3. The van der Waals surface area contributed by atoms with Gasteiger partial charge < -0.3 is 4.74 Å². The number of hydrogen-bond acceptors (Lipinski definition) is 7. The van der Waals surface area contributed by atoms with Crippen molar-refractivity contribution in [2.24, 2.45) is 5.84 Å². The summed E-state index contributed by atoms with van der Waals surface area (Å²) in [6, 6.07) is 0.762. The molecule has 0 saturated carbocycles. The molecule has 0 aliphatic heterocycles. The second-order valence-electron chi connectivity index (χ2n) is 3.65.